The van der Waals surface area contributed by atoms with E-state index in [-0.39, 0.29) is 12.6 Å². The van der Waals surface area contributed by atoms with Gasteiger partial charge in [0, 0.05) is 5.02 Å². The number of hydrogen-bond acceptors (Lipinski definition) is 3. The van der Waals surface area contributed by atoms with Crippen molar-refractivity contribution < 1.29 is 14.3 Å². The SMILES string of the molecule is C=COCCOC(=O)c1ccc(Cl)cc1. The van der Waals surface area contributed by atoms with E-state index in [9.17, 15) is 4.79 Å². The van der Waals surface area contributed by atoms with Crippen LogP contribution in [0.4, 0.5) is 0 Å². The lowest BCUT2D eigenvalue weighted by Crippen LogP contribution is -2.09. The van der Waals surface area contributed by atoms with Crippen molar-refractivity contribution in [1.29, 1.82) is 0 Å². The fourth-order valence-electron chi connectivity index (χ4n) is 0.935. The van der Waals surface area contributed by atoms with Crippen LogP contribution >= 0.6 is 11.6 Å². The summed E-state index contributed by atoms with van der Waals surface area (Å²) in [6.45, 7) is 3.88. The predicted octanol–water partition coefficient (Wildman–Crippen LogP) is 2.66. The minimum absolute atomic E-state index is 0.202. The van der Waals surface area contributed by atoms with Crippen LogP contribution in [0.15, 0.2) is 37.1 Å². The molecule has 0 aliphatic rings. The van der Waals surface area contributed by atoms with E-state index in [1.54, 1.807) is 24.3 Å². The van der Waals surface area contributed by atoms with Gasteiger partial charge in [-0.15, -0.1) is 0 Å². The van der Waals surface area contributed by atoms with E-state index in [2.05, 4.69) is 6.58 Å². The summed E-state index contributed by atoms with van der Waals surface area (Å²) in [6, 6.07) is 6.49. The van der Waals surface area contributed by atoms with Gasteiger partial charge >= 0.3 is 5.97 Å². The summed E-state index contributed by atoms with van der Waals surface area (Å²) in [4.78, 5) is 11.4. The lowest BCUT2D eigenvalue weighted by atomic mass is 10.2. The molecule has 1 aromatic rings. The third kappa shape index (κ3) is 4.04. The zero-order chi connectivity index (χ0) is 11.1. The second-order valence-electron chi connectivity index (χ2n) is 2.68. The molecule has 3 nitrogen and oxygen atoms in total. The highest BCUT2D eigenvalue weighted by atomic mass is 35.5. The van der Waals surface area contributed by atoms with Gasteiger partial charge in [0.2, 0.25) is 0 Å². The Balaban J connectivity index is 2.40. The zero-order valence-corrected chi connectivity index (χ0v) is 8.87. The van der Waals surface area contributed by atoms with Crippen LogP contribution in [-0.2, 0) is 9.47 Å². The number of rotatable bonds is 5. The largest absolute Gasteiger partial charge is 0.498 e. The minimum Gasteiger partial charge on any atom is -0.498 e. The molecule has 0 N–H and O–H groups in total. The molecule has 0 radical (unpaired) electrons. The summed E-state index contributed by atoms with van der Waals surface area (Å²) in [5, 5.41) is 0.585. The molecule has 0 fully saturated rings. The van der Waals surface area contributed by atoms with Gasteiger partial charge in [0.15, 0.2) is 0 Å². The Hall–Kier alpha value is -1.48. The summed E-state index contributed by atoms with van der Waals surface area (Å²) in [6.07, 6.45) is 1.30. The minimum atomic E-state index is -0.390. The zero-order valence-electron chi connectivity index (χ0n) is 8.11. The molecule has 0 atom stereocenters. The number of esters is 1. The van der Waals surface area contributed by atoms with E-state index in [1.165, 1.54) is 6.26 Å². The number of hydrogen-bond donors (Lipinski definition) is 0. The molecule has 15 heavy (non-hydrogen) atoms. The maximum Gasteiger partial charge on any atom is 0.338 e. The third-order valence-electron chi connectivity index (χ3n) is 1.63. The number of carbonyl (C=O) groups is 1. The molecular formula is C11H11ClO3. The van der Waals surface area contributed by atoms with Crippen LogP contribution in [-0.4, -0.2) is 19.2 Å². The van der Waals surface area contributed by atoms with Crippen molar-refractivity contribution in [2.75, 3.05) is 13.2 Å². The van der Waals surface area contributed by atoms with Crippen LogP contribution in [0.1, 0.15) is 10.4 Å². The summed E-state index contributed by atoms with van der Waals surface area (Å²) in [5.74, 6) is -0.390. The van der Waals surface area contributed by atoms with Crippen molar-refractivity contribution in [2.24, 2.45) is 0 Å². The molecule has 0 heterocycles. The molecule has 0 aliphatic heterocycles. The number of halogens is 1. The molecule has 0 saturated carbocycles. The van der Waals surface area contributed by atoms with Gasteiger partial charge in [-0.3, -0.25) is 0 Å². The second kappa shape index (κ2) is 6.09. The van der Waals surface area contributed by atoms with Crippen molar-refractivity contribution in [2.45, 2.75) is 0 Å². The summed E-state index contributed by atoms with van der Waals surface area (Å²) in [5.41, 5.74) is 0.470. The van der Waals surface area contributed by atoms with Gasteiger partial charge in [0.1, 0.15) is 13.2 Å². The van der Waals surface area contributed by atoms with Crippen LogP contribution in [0.2, 0.25) is 5.02 Å². The molecule has 1 rings (SSSR count). The van der Waals surface area contributed by atoms with Gasteiger partial charge in [-0.1, -0.05) is 18.2 Å². The van der Waals surface area contributed by atoms with Crippen molar-refractivity contribution in [3.8, 4) is 0 Å². The van der Waals surface area contributed by atoms with Crippen LogP contribution < -0.4 is 0 Å². The van der Waals surface area contributed by atoms with Crippen molar-refractivity contribution in [1.82, 2.24) is 0 Å². The normalized spacial score (nSPS) is 9.40. The van der Waals surface area contributed by atoms with Crippen LogP contribution in [0, 0.1) is 0 Å². The lowest BCUT2D eigenvalue weighted by Gasteiger charge is -2.04. The monoisotopic (exact) mass is 226 g/mol. The Kier molecular flexibility index (Phi) is 4.71. The number of carbonyl (C=O) groups excluding carboxylic acids is 1. The first-order valence-corrected chi connectivity index (χ1v) is 4.77. The van der Waals surface area contributed by atoms with Crippen molar-refractivity contribution in [3.05, 3.63) is 47.7 Å². The first kappa shape index (κ1) is 11.6. The van der Waals surface area contributed by atoms with Crippen molar-refractivity contribution >= 4 is 17.6 Å². The van der Waals surface area contributed by atoms with E-state index in [0.717, 1.165) is 0 Å². The fraction of sp³-hybridized carbons (Fsp3) is 0.182. The molecule has 0 spiro atoms. The molecule has 80 valence electrons. The summed E-state index contributed by atoms with van der Waals surface area (Å²) < 4.78 is 9.72. The highest BCUT2D eigenvalue weighted by molar-refractivity contribution is 6.30. The van der Waals surface area contributed by atoms with Gasteiger partial charge in [-0.05, 0) is 24.3 Å². The molecule has 0 unspecified atom stereocenters. The van der Waals surface area contributed by atoms with Gasteiger partial charge in [-0.2, -0.15) is 0 Å². The topological polar surface area (TPSA) is 35.5 Å². The molecule has 1 aromatic carbocycles. The molecule has 0 aromatic heterocycles. The quantitative estimate of drug-likeness (QED) is 0.440. The van der Waals surface area contributed by atoms with Gasteiger partial charge in [0.25, 0.3) is 0 Å². The number of ether oxygens (including phenoxy) is 2. The maximum atomic E-state index is 11.4. The molecule has 0 aliphatic carbocycles. The average Bonchev–Trinajstić information content (AvgIpc) is 2.25. The Labute approximate surface area is 93.3 Å². The van der Waals surface area contributed by atoms with E-state index >= 15 is 0 Å². The highest BCUT2D eigenvalue weighted by Crippen LogP contribution is 2.10. The summed E-state index contributed by atoms with van der Waals surface area (Å²) >= 11 is 5.68. The third-order valence-corrected chi connectivity index (χ3v) is 1.88. The lowest BCUT2D eigenvalue weighted by molar-refractivity contribution is 0.0421. The van der Waals surface area contributed by atoms with Gasteiger partial charge in [-0.25, -0.2) is 4.79 Å². The second-order valence-corrected chi connectivity index (χ2v) is 3.12. The van der Waals surface area contributed by atoms with Gasteiger partial charge in [0.05, 0.1) is 11.8 Å². The van der Waals surface area contributed by atoms with E-state index in [4.69, 9.17) is 21.1 Å². The molecule has 4 heteroatoms. The first-order valence-electron chi connectivity index (χ1n) is 4.39. The molecule has 0 bridgehead atoms. The van der Waals surface area contributed by atoms with E-state index in [1.807, 2.05) is 0 Å². The predicted molar refractivity (Wildman–Crippen MR) is 57.9 cm³/mol. The molecular weight excluding hydrogens is 216 g/mol. The van der Waals surface area contributed by atoms with E-state index in [0.29, 0.717) is 17.2 Å². The van der Waals surface area contributed by atoms with Gasteiger partial charge < -0.3 is 9.47 Å². The standard InChI is InChI=1S/C11H11ClO3/c1-2-14-7-8-15-11(13)9-3-5-10(12)6-4-9/h2-6H,1,7-8H2. The van der Waals surface area contributed by atoms with E-state index < -0.39 is 0 Å². The van der Waals surface area contributed by atoms with Crippen LogP contribution in [0.25, 0.3) is 0 Å². The Morgan fingerprint density at radius 2 is 2.00 bits per heavy atom. The number of benzene rings is 1. The average molecular weight is 227 g/mol. The maximum absolute atomic E-state index is 11.4. The Morgan fingerprint density at radius 1 is 1.33 bits per heavy atom. The molecule has 0 amide bonds. The fourth-order valence-corrected chi connectivity index (χ4v) is 1.06. The first-order chi connectivity index (χ1) is 7.24. The summed E-state index contributed by atoms with van der Waals surface area (Å²) in [7, 11) is 0. The Morgan fingerprint density at radius 3 is 2.60 bits per heavy atom. The highest BCUT2D eigenvalue weighted by Gasteiger charge is 2.05. The smallest absolute Gasteiger partial charge is 0.338 e. The van der Waals surface area contributed by atoms with Crippen molar-refractivity contribution in [3.63, 3.8) is 0 Å². The Bertz CT molecular complexity index is 332. The van der Waals surface area contributed by atoms with Crippen LogP contribution in [0.5, 0.6) is 0 Å². The van der Waals surface area contributed by atoms with Crippen LogP contribution in [0.3, 0.4) is 0 Å². The molecule has 0 saturated heterocycles.